The molecule has 0 atom stereocenters. The van der Waals surface area contributed by atoms with Gasteiger partial charge in [-0.25, -0.2) is 4.79 Å². The zero-order valence-corrected chi connectivity index (χ0v) is 22.3. The van der Waals surface area contributed by atoms with E-state index < -0.39 is 11.4 Å². The third-order valence-corrected chi connectivity index (χ3v) is 9.29. The molecule has 1 heterocycles. The zero-order chi connectivity index (χ0) is 26.5. The number of carboxylic acid groups (broad SMARTS) is 1. The molecule has 0 aliphatic heterocycles. The van der Waals surface area contributed by atoms with Crippen LogP contribution in [-0.4, -0.2) is 22.1 Å². The Hall–Kier alpha value is -3.09. The van der Waals surface area contributed by atoms with Gasteiger partial charge < -0.3 is 14.9 Å². The van der Waals surface area contributed by atoms with E-state index in [1.807, 2.05) is 18.2 Å². The number of halogens is 2. The highest BCUT2D eigenvalue weighted by Crippen LogP contribution is 2.58. The summed E-state index contributed by atoms with van der Waals surface area (Å²) in [5.41, 5.74) is 2.62. The van der Waals surface area contributed by atoms with Crippen LogP contribution in [0.4, 0.5) is 5.69 Å². The molecule has 2 N–H and O–H groups in total. The van der Waals surface area contributed by atoms with Crippen molar-refractivity contribution in [2.24, 2.45) is 10.8 Å². The van der Waals surface area contributed by atoms with Crippen LogP contribution in [0.2, 0.25) is 10.0 Å². The number of rotatable bonds is 7. The van der Waals surface area contributed by atoms with Crippen LogP contribution in [0.5, 0.6) is 0 Å². The van der Waals surface area contributed by atoms with Gasteiger partial charge in [0.15, 0.2) is 0 Å². The molecule has 196 valence electrons. The van der Waals surface area contributed by atoms with E-state index in [-0.39, 0.29) is 16.9 Å². The number of aromatic nitrogens is 1. The normalized spacial score (nSPS) is 24.6. The Morgan fingerprint density at radius 2 is 1.66 bits per heavy atom. The second-order valence-corrected chi connectivity index (χ2v) is 11.8. The number of benzene rings is 2. The predicted molar refractivity (Wildman–Crippen MR) is 148 cm³/mol. The van der Waals surface area contributed by atoms with E-state index in [9.17, 15) is 14.7 Å². The number of anilines is 1. The van der Waals surface area contributed by atoms with Gasteiger partial charge in [-0.1, -0.05) is 52.6 Å². The molecule has 0 unspecified atom stereocenters. The fourth-order valence-electron chi connectivity index (χ4n) is 6.07. The molecule has 1 aromatic heterocycles. The van der Waals surface area contributed by atoms with Crippen LogP contribution in [0.3, 0.4) is 0 Å². The van der Waals surface area contributed by atoms with Gasteiger partial charge >= 0.3 is 5.97 Å². The van der Waals surface area contributed by atoms with Crippen molar-refractivity contribution in [3.05, 3.63) is 75.5 Å². The molecule has 1 amide bonds. The Kier molecular flexibility index (Phi) is 6.36. The summed E-state index contributed by atoms with van der Waals surface area (Å²) in [6, 6.07) is 11.9. The molecule has 4 aliphatic carbocycles. The standard InChI is InChI=1S/C30H28Cl2N2O4/c31-22-5-2-6-23(32)24(22)25-21(26(38-34-25)18-7-8-18)9-10-29-11-14-30(15-12-29,16-13-29)28(37)33-20-4-1-3-19(17-20)27(35)36/h1-6,9-10,17-18H,7-8,11-16H2,(H,33,37)(H,35,36). The molecule has 4 aliphatic rings. The molecule has 7 rings (SSSR count). The van der Waals surface area contributed by atoms with Crippen molar-refractivity contribution in [3.63, 3.8) is 0 Å². The van der Waals surface area contributed by atoms with Crippen LogP contribution in [-0.2, 0) is 4.79 Å². The minimum Gasteiger partial charge on any atom is -0.478 e. The second-order valence-electron chi connectivity index (χ2n) is 11.0. The van der Waals surface area contributed by atoms with E-state index in [2.05, 4.69) is 22.6 Å². The maximum absolute atomic E-state index is 13.3. The molecule has 4 saturated carbocycles. The number of amides is 1. The van der Waals surface area contributed by atoms with Crippen LogP contribution in [0.15, 0.2) is 53.1 Å². The molecule has 38 heavy (non-hydrogen) atoms. The van der Waals surface area contributed by atoms with E-state index in [0.29, 0.717) is 32.9 Å². The van der Waals surface area contributed by atoms with Crippen molar-refractivity contribution >= 4 is 46.8 Å². The first-order chi connectivity index (χ1) is 18.3. The number of carbonyl (C=O) groups excluding carboxylic acids is 1. The molecule has 2 bridgehead atoms. The molecule has 6 nitrogen and oxygen atoms in total. The van der Waals surface area contributed by atoms with E-state index in [4.69, 9.17) is 27.7 Å². The molecule has 2 aromatic carbocycles. The minimum absolute atomic E-state index is 0.0111. The molecule has 3 aromatic rings. The highest BCUT2D eigenvalue weighted by molar-refractivity contribution is 6.39. The SMILES string of the molecule is O=C(O)c1cccc(NC(=O)C23CCC(C=Cc4c(-c5c(Cl)cccc5Cl)noc4C4CC4)(CC2)CC3)c1. The van der Waals surface area contributed by atoms with Gasteiger partial charge in [0.25, 0.3) is 0 Å². The first-order valence-corrected chi connectivity index (χ1v) is 13.8. The molecular formula is C30H28Cl2N2O4. The lowest BCUT2D eigenvalue weighted by molar-refractivity contribution is -0.133. The number of hydrogen-bond donors (Lipinski definition) is 2. The third-order valence-electron chi connectivity index (χ3n) is 8.66. The summed E-state index contributed by atoms with van der Waals surface area (Å²) >= 11 is 13.0. The lowest BCUT2D eigenvalue weighted by atomic mass is 9.53. The van der Waals surface area contributed by atoms with E-state index in [1.165, 1.54) is 12.1 Å². The van der Waals surface area contributed by atoms with Gasteiger partial charge in [0.1, 0.15) is 11.5 Å². The second kappa shape index (κ2) is 9.58. The van der Waals surface area contributed by atoms with Gasteiger partial charge in [-0.2, -0.15) is 0 Å². The van der Waals surface area contributed by atoms with E-state index >= 15 is 0 Å². The molecular weight excluding hydrogens is 523 g/mol. The number of hydrogen-bond acceptors (Lipinski definition) is 4. The Labute approximate surface area is 231 Å². The van der Waals surface area contributed by atoms with Gasteiger partial charge in [-0.3, -0.25) is 4.79 Å². The van der Waals surface area contributed by atoms with Gasteiger partial charge in [-0.05, 0) is 87.1 Å². The number of nitrogens with zero attached hydrogens (tertiary/aromatic N) is 1. The predicted octanol–water partition coefficient (Wildman–Crippen LogP) is 8.22. The Morgan fingerprint density at radius 1 is 1.00 bits per heavy atom. The quantitative estimate of drug-likeness (QED) is 0.309. The number of fused-ring (bicyclic) bond motifs is 3. The maximum atomic E-state index is 13.3. The van der Waals surface area contributed by atoms with Gasteiger partial charge in [0.05, 0.1) is 15.6 Å². The maximum Gasteiger partial charge on any atom is 0.335 e. The summed E-state index contributed by atoms with van der Waals surface area (Å²) in [6.07, 6.45) is 11.8. The van der Waals surface area contributed by atoms with Crippen molar-refractivity contribution in [2.75, 3.05) is 5.32 Å². The van der Waals surface area contributed by atoms with Gasteiger partial charge in [0, 0.05) is 28.1 Å². The number of carbonyl (C=O) groups is 2. The summed E-state index contributed by atoms with van der Waals surface area (Å²) in [7, 11) is 0. The lowest BCUT2D eigenvalue weighted by Gasteiger charge is -2.51. The van der Waals surface area contributed by atoms with E-state index in [1.54, 1.807) is 12.1 Å². The molecule has 8 heteroatoms. The van der Waals surface area contributed by atoms with Crippen LogP contribution in [0, 0.1) is 10.8 Å². The molecule has 0 saturated heterocycles. The van der Waals surface area contributed by atoms with Crippen molar-refractivity contribution in [1.82, 2.24) is 5.16 Å². The van der Waals surface area contributed by atoms with Gasteiger partial charge in [-0.15, -0.1) is 0 Å². The average Bonchev–Trinajstić information content (AvgIpc) is 3.68. The average molecular weight is 551 g/mol. The van der Waals surface area contributed by atoms with Crippen molar-refractivity contribution in [3.8, 4) is 11.3 Å². The molecule has 4 fully saturated rings. The third kappa shape index (κ3) is 4.54. The topological polar surface area (TPSA) is 92.4 Å². The van der Waals surface area contributed by atoms with Gasteiger partial charge in [0.2, 0.25) is 5.91 Å². The largest absolute Gasteiger partial charge is 0.478 e. The van der Waals surface area contributed by atoms with Crippen molar-refractivity contribution < 1.29 is 19.2 Å². The Balaban J connectivity index is 1.21. The first-order valence-electron chi connectivity index (χ1n) is 13.1. The number of carboxylic acids is 1. The highest BCUT2D eigenvalue weighted by atomic mass is 35.5. The summed E-state index contributed by atoms with van der Waals surface area (Å²) < 4.78 is 5.82. The Bertz CT molecular complexity index is 1410. The van der Waals surface area contributed by atoms with Crippen molar-refractivity contribution in [2.45, 2.75) is 57.3 Å². The first kappa shape index (κ1) is 25.2. The summed E-state index contributed by atoms with van der Waals surface area (Å²) in [5.74, 6) is 0.253. The summed E-state index contributed by atoms with van der Waals surface area (Å²) in [5, 5.41) is 17.7. The smallest absolute Gasteiger partial charge is 0.335 e. The van der Waals surface area contributed by atoms with Crippen LogP contribution < -0.4 is 5.32 Å². The summed E-state index contributed by atoms with van der Waals surface area (Å²) in [4.78, 5) is 24.6. The van der Waals surface area contributed by atoms with Crippen LogP contribution in [0.25, 0.3) is 17.3 Å². The fourth-order valence-corrected chi connectivity index (χ4v) is 6.65. The molecule has 0 spiro atoms. The fraction of sp³-hybridized carbons (Fsp3) is 0.367. The van der Waals surface area contributed by atoms with E-state index in [0.717, 1.165) is 62.7 Å². The minimum atomic E-state index is -1.01. The summed E-state index contributed by atoms with van der Waals surface area (Å²) in [6.45, 7) is 0. The lowest BCUT2D eigenvalue weighted by Crippen LogP contribution is -2.47. The Morgan fingerprint density at radius 3 is 2.29 bits per heavy atom. The number of aromatic carboxylic acids is 1. The molecule has 0 radical (unpaired) electrons. The zero-order valence-electron chi connectivity index (χ0n) is 20.8. The number of nitrogens with one attached hydrogen (secondary N) is 1. The monoisotopic (exact) mass is 550 g/mol. The van der Waals surface area contributed by atoms with Crippen LogP contribution in [0.1, 0.15) is 79.0 Å². The number of allylic oxidation sites excluding steroid dienone is 1. The highest BCUT2D eigenvalue weighted by Gasteiger charge is 2.51. The van der Waals surface area contributed by atoms with Crippen LogP contribution >= 0.6 is 23.2 Å². The van der Waals surface area contributed by atoms with Crippen molar-refractivity contribution in [1.29, 1.82) is 0 Å².